The van der Waals surface area contributed by atoms with Crippen LogP contribution in [0.3, 0.4) is 0 Å². The van der Waals surface area contributed by atoms with Crippen LogP contribution in [0.1, 0.15) is 18.1 Å². The van der Waals surface area contributed by atoms with Crippen molar-refractivity contribution in [3.8, 4) is 33.9 Å². The lowest BCUT2D eigenvalue weighted by Crippen LogP contribution is -2.47. The van der Waals surface area contributed by atoms with Crippen LogP contribution in [-0.4, -0.2) is 204 Å². The van der Waals surface area contributed by atoms with Crippen LogP contribution in [-0.2, 0) is 28.8 Å². The molecule has 24 heteroatoms. The number of hydrogen-bond donors (Lipinski definition) is 6. The molecule has 1 aliphatic heterocycles. The number of halogens is 2. The number of carboxylic acids is 4. The number of nitrogens with one attached hydrogen (secondary N) is 2. The maximum atomic E-state index is 15.3. The van der Waals surface area contributed by atoms with E-state index < -0.39 is 56.2 Å². The molecule has 0 aliphatic carbocycles. The third-order valence-corrected chi connectivity index (χ3v) is 12.5. The highest BCUT2D eigenvalue weighted by Crippen LogP contribution is 2.41. The second-order valence-electron chi connectivity index (χ2n) is 18.1. The van der Waals surface area contributed by atoms with E-state index in [1.165, 1.54) is 16.9 Å². The number of nitrogens with zero attached hydrogens (tertiary/aromatic N) is 7. The zero-order chi connectivity index (χ0) is 56.8. The molecule has 0 spiro atoms. The van der Waals surface area contributed by atoms with Crippen molar-refractivity contribution in [2.24, 2.45) is 9.98 Å². The van der Waals surface area contributed by atoms with Gasteiger partial charge < -0.3 is 45.0 Å². The summed E-state index contributed by atoms with van der Waals surface area (Å²) in [6.45, 7) is 0.466. The highest BCUT2D eigenvalue weighted by Gasteiger charge is 2.30. The van der Waals surface area contributed by atoms with Crippen molar-refractivity contribution in [2.45, 2.75) is 6.92 Å². The van der Waals surface area contributed by atoms with Gasteiger partial charge >= 0.3 is 31.3 Å². The first-order valence-corrected chi connectivity index (χ1v) is 25.2. The van der Waals surface area contributed by atoms with Gasteiger partial charge in [0, 0.05) is 74.8 Å². The molecule has 0 fully saturated rings. The monoisotopic (exact) mass is 1090 g/mol. The first-order valence-electron chi connectivity index (χ1n) is 25.2. The number of ether oxygens (including phenoxy) is 2. The van der Waals surface area contributed by atoms with Gasteiger partial charge in [0.2, 0.25) is 5.91 Å². The summed E-state index contributed by atoms with van der Waals surface area (Å²) in [6, 6.07) is 33.7. The minimum absolute atomic E-state index is 0.000660. The topological polar surface area (TPSA) is 268 Å². The van der Waals surface area contributed by atoms with E-state index in [9.17, 15) is 44.1 Å². The van der Waals surface area contributed by atoms with Gasteiger partial charge in [0.05, 0.1) is 45.5 Å². The molecule has 0 saturated carbocycles. The zero-order valence-corrected chi connectivity index (χ0v) is 43.7. The fraction of sp³-hybridized carbons (Fsp3) is 0.309. The minimum atomic E-state index is -2.97. The third kappa shape index (κ3) is 18.6. The van der Waals surface area contributed by atoms with Crippen molar-refractivity contribution < 1.29 is 67.3 Å². The highest BCUT2D eigenvalue weighted by atomic mass is 19.2. The molecular formula is C55H62BF2N9O12. The van der Waals surface area contributed by atoms with Crippen molar-refractivity contribution in [3.05, 3.63) is 132 Å². The number of aliphatic carboxylic acids is 4. The number of carboxylic acid groups (broad SMARTS) is 4. The number of likely N-dealkylation sites (N-methyl/N-ethyl adjacent to an activating group) is 1. The quantitative estimate of drug-likeness (QED) is 0.0251. The van der Waals surface area contributed by atoms with E-state index in [1.807, 2.05) is 36.4 Å². The van der Waals surface area contributed by atoms with Crippen LogP contribution >= 0.6 is 0 Å². The summed E-state index contributed by atoms with van der Waals surface area (Å²) in [6.07, 6.45) is 1.83. The van der Waals surface area contributed by atoms with Gasteiger partial charge in [-0.15, -0.1) is 0 Å². The molecule has 21 nitrogen and oxygen atoms in total. The van der Waals surface area contributed by atoms with Gasteiger partial charge in [0.25, 0.3) is 5.91 Å². The van der Waals surface area contributed by atoms with E-state index in [0.717, 1.165) is 10.0 Å². The number of aromatic nitrogens is 1. The van der Waals surface area contributed by atoms with Crippen LogP contribution in [0.5, 0.6) is 11.5 Å². The molecule has 4 aromatic carbocycles. The van der Waals surface area contributed by atoms with Crippen LogP contribution in [0.4, 0.5) is 14.4 Å². The SMILES string of the molecule is CCN(CCN(CCN(CCN(CC(=O)O)CC(=O)NCCNC(=O)COc1ccc(C2=CC(c3ccccc3)=NC2=Nc2c(-c3ccc(OC)cc3)cc(-c3ccccc3)n2B(F)F)cc1)CC(=O)O)CC(=O)O)CC(=O)O. The van der Waals surface area contributed by atoms with E-state index in [4.69, 9.17) is 24.6 Å². The number of carbonyl (C=O) groups excluding carboxylic acids is 2. The lowest BCUT2D eigenvalue weighted by Gasteiger charge is -2.29. The maximum Gasteiger partial charge on any atom is 0.679 e. The second kappa shape index (κ2) is 29.8. The summed E-state index contributed by atoms with van der Waals surface area (Å²) in [5.41, 5.74) is 4.44. The number of amidine groups is 1. The average molecular weight is 1090 g/mol. The molecule has 1 aromatic heterocycles. The van der Waals surface area contributed by atoms with Crippen molar-refractivity contribution >= 4 is 66.0 Å². The zero-order valence-electron chi connectivity index (χ0n) is 43.7. The Morgan fingerprint density at radius 2 is 1.08 bits per heavy atom. The van der Waals surface area contributed by atoms with Gasteiger partial charge in [-0.1, -0.05) is 91.9 Å². The standard InChI is InChI=1S/C55H62BF2N9O12/c1-3-63(33-50(70)71)24-25-64(34-51(72)73)26-27-65(35-52(74)75)28-29-66(36-53(76)77)32-48(68)59-22-23-60-49(69)37-79-43-20-16-38(17-21-43)44-30-46(40-10-6-4-7-11-40)61-54(44)62-55-45(39-14-18-42(78-2)19-15-39)31-47(67(55)56(57)58)41-12-8-5-9-13-41/h4-21,30-31H,3,22-29,32-37H2,1-2H3,(H,59,68)(H,60,69)(H,70,71)(H,72,73)(H,74,75)(H,76,77). The Kier molecular flexibility index (Phi) is 22.5. The summed E-state index contributed by atoms with van der Waals surface area (Å²) < 4.78 is 42.7. The highest BCUT2D eigenvalue weighted by molar-refractivity contribution is 6.43. The largest absolute Gasteiger partial charge is 0.679 e. The average Bonchev–Trinajstić information content (AvgIpc) is 4.13. The van der Waals surface area contributed by atoms with E-state index >= 15 is 8.63 Å². The van der Waals surface area contributed by atoms with E-state index in [1.54, 1.807) is 102 Å². The summed E-state index contributed by atoms with van der Waals surface area (Å²) in [5.74, 6) is -4.52. The number of rotatable bonds is 33. The van der Waals surface area contributed by atoms with Crippen molar-refractivity contribution in [1.29, 1.82) is 0 Å². The van der Waals surface area contributed by atoms with Crippen LogP contribution in [0.15, 0.2) is 131 Å². The molecule has 0 bridgehead atoms. The Bertz CT molecular complexity index is 2980. The Labute approximate surface area is 455 Å². The molecule has 0 saturated heterocycles. The molecule has 6 rings (SSSR count). The Balaban J connectivity index is 1.05. The Morgan fingerprint density at radius 3 is 1.61 bits per heavy atom. The summed E-state index contributed by atoms with van der Waals surface area (Å²) in [4.78, 5) is 87.7. The summed E-state index contributed by atoms with van der Waals surface area (Å²) >= 11 is 0. The van der Waals surface area contributed by atoms with Gasteiger partial charge in [0.1, 0.15) is 17.3 Å². The normalized spacial score (nSPS) is 12.7. The van der Waals surface area contributed by atoms with Gasteiger partial charge in [-0.2, -0.15) is 0 Å². The number of hydrogen-bond acceptors (Lipinski definition) is 13. The third-order valence-electron chi connectivity index (χ3n) is 12.5. The minimum Gasteiger partial charge on any atom is -0.497 e. The van der Waals surface area contributed by atoms with Crippen LogP contribution in [0, 0.1) is 0 Å². The predicted octanol–water partition coefficient (Wildman–Crippen LogP) is 4.40. The van der Waals surface area contributed by atoms with Crippen LogP contribution < -0.4 is 20.1 Å². The Morgan fingerprint density at radius 1 is 0.595 bits per heavy atom. The molecular weight excluding hydrogens is 1030 g/mol. The molecule has 1 aliphatic rings. The van der Waals surface area contributed by atoms with Crippen LogP contribution in [0.25, 0.3) is 28.0 Å². The van der Waals surface area contributed by atoms with Crippen LogP contribution in [0.2, 0.25) is 0 Å². The molecule has 2 amide bonds. The van der Waals surface area contributed by atoms with E-state index in [-0.39, 0.29) is 95.9 Å². The Hall–Kier alpha value is -8.58. The second-order valence-corrected chi connectivity index (χ2v) is 18.1. The van der Waals surface area contributed by atoms with Gasteiger partial charge in [-0.05, 0) is 59.6 Å². The molecule has 416 valence electrons. The fourth-order valence-electron chi connectivity index (χ4n) is 8.51. The molecule has 6 N–H and O–H groups in total. The first-order chi connectivity index (χ1) is 38.0. The molecule has 5 aromatic rings. The van der Waals surface area contributed by atoms with Crippen molar-refractivity contribution in [3.63, 3.8) is 0 Å². The molecule has 0 radical (unpaired) electrons. The van der Waals surface area contributed by atoms with Crippen molar-refractivity contribution in [2.75, 3.05) is 105 Å². The molecule has 0 atom stereocenters. The van der Waals surface area contributed by atoms with Gasteiger partial charge in [-0.3, -0.25) is 57.0 Å². The molecule has 0 unspecified atom stereocenters. The number of amides is 2. The predicted molar refractivity (Wildman–Crippen MR) is 293 cm³/mol. The molecule has 2 heterocycles. The lowest BCUT2D eigenvalue weighted by atomic mass is 10.0. The smallest absolute Gasteiger partial charge is 0.497 e. The fourth-order valence-corrected chi connectivity index (χ4v) is 8.51. The van der Waals surface area contributed by atoms with Gasteiger partial charge in [0.15, 0.2) is 12.4 Å². The van der Waals surface area contributed by atoms with E-state index in [0.29, 0.717) is 51.6 Å². The number of benzene rings is 4. The maximum absolute atomic E-state index is 15.3. The van der Waals surface area contributed by atoms with Gasteiger partial charge in [-0.25, -0.2) is 9.98 Å². The summed E-state index contributed by atoms with van der Waals surface area (Å²) in [7, 11) is -1.43. The van der Waals surface area contributed by atoms with Crippen molar-refractivity contribution in [1.82, 2.24) is 34.7 Å². The number of allylic oxidation sites excluding steroid dienone is 1. The van der Waals surface area contributed by atoms with E-state index in [2.05, 4.69) is 10.6 Å². The molecule has 79 heavy (non-hydrogen) atoms. The number of aliphatic imine (C=N–C) groups is 2. The number of methoxy groups -OCH3 is 1. The first kappa shape index (κ1) is 59.7. The number of carbonyl (C=O) groups is 6. The summed E-state index contributed by atoms with van der Waals surface area (Å²) in [5, 5.41) is 43.0. The lowest BCUT2D eigenvalue weighted by molar-refractivity contribution is -0.141.